The van der Waals surface area contributed by atoms with E-state index in [0.29, 0.717) is 5.56 Å². The van der Waals surface area contributed by atoms with Crippen molar-refractivity contribution >= 4 is 10.9 Å². The zero-order chi connectivity index (χ0) is 13.9. The van der Waals surface area contributed by atoms with Gasteiger partial charge in [0.2, 0.25) is 0 Å². The van der Waals surface area contributed by atoms with Gasteiger partial charge in [-0.05, 0) is 42.1 Å². The Bertz CT molecular complexity index is 718. The van der Waals surface area contributed by atoms with E-state index in [1.54, 1.807) is 6.07 Å². The van der Waals surface area contributed by atoms with Gasteiger partial charge in [0, 0.05) is 29.9 Å². The zero-order valence-electron chi connectivity index (χ0n) is 11.4. The normalized spacial score (nSPS) is 12.7. The number of hydrogen-bond donors (Lipinski definition) is 2. The van der Waals surface area contributed by atoms with Gasteiger partial charge in [0.25, 0.3) is 0 Å². The fraction of sp³-hybridized carbons (Fsp3) is 0.176. The Hall–Kier alpha value is -2.13. The van der Waals surface area contributed by atoms with E-state index in [1.165, 1.54) is 17.0 Å². The van der Waals surface area contributed by atoms with Crippen LogP contribution >= 0.6 is 0 Å². The van der Waals surface area contributed by atoms with Gasteiger partial charge in [-0.15, -0.1) is 0 Å². The van der Waals surface area contributed by atoms with Gasteiger partial charge >= 0.3 is 0 Å². The Morgan fingerprint density at radius 2 is 2.00 bits per heavy atom. The van der Waals surface area contributed by atoms with E-state index in [-0.39, 0.29) is 11.9 Å². The molecule has 0 radical (unpaired) electrons. The Labute approximate surface area is 117 Å². The highest BCUT2D eigenvalue weighted by molar-refractivity contribution is 5.79. The summed E-state index contributed by atoms with van der Waals surface area (Å²) in [4.78, 5) is 3.17. The first kappa shape index (κ1) is 12.9. The predicted octanol–water partition coefficient (Wildman–Crippen LogP) is 4.16. The van der Waals surface area contributed by atoms with Gasteiger partial charge < -0.3 is 10.3 Å². The van der Waals surface area contributed by atoms with E-state index in [2.05, 4.69) is 34.6 Å². The summed E-state index contributed by atoms with van der Waals surface area (Å²) in [7, 11) is 0. The largest absolute Gasteiger partial charge is 0.361 e. The van der Waals surface area contributed by atoms with Gasteiger partial charge in [-0.3, -0.25) is 0 Å². The van der Waals surface area contributed by atoms with E-state index in [9.17, 15) is 4.39 Å². The van der Waals surface area contributed by atoms with Crippen LogP contribution in [-0.2, 0) is 6.54 Å². The molecule has 0 spiro atoms. The molecule has 2 aromatic carbocycles. The van der Waals surface area contributed by atoms with Crippen molar-refractivity contribution in [2.45, 2.75) is 19.5 Å². The number of aromatic nitrogens is 1. The van der Waals surface area contributed by atoms with Crippen LogP contribution in [0.2, 0.25) is 0 Å². The first-order valence-corrected chi connectivity index (χ1v) is 6.78. The SMILES string of the molecule is C[C@@H](NCc1ccc2[nH]ccc2c1)c1ccccc1F. The summed E-state index contributed by atoms with van der Waals surface area (Å²) in [5.41, 5.74) is 3.03. The molecule has 1 aromatic heterocycles. The van der Waals surface area contributed by atoms with E-state index in [1.807, 2.05) is 25.3 Å². The van der Waals surface area contributed by atoms with Gasteiger partial charge in [-0.25, -0.2) is 4.39 Å². The molecule has 2 N–H and O–H groups in total. The first-order valence-electron chi connectivity index (χ1n) is 6.78. The van der Waals surface area contributed by atoms with Gasteiger partial charge in [0.15, 0.2) is 0 Å². The lowest BCUT2D eigenvalue weighted by molar-refractivity contribution is 0.528. The van der Waals surface area contributed by atoms with Crippen LogP contribution in [0.4, 0.5) is 4.39 Å². The molecule has 0 aliphatic carbocycles. The number of halogens is 1. The quantitative estimate of drug-likeness (QED) is 0.730. The van der Waals surface area contributed by atoms with E-state index >= 15 is 0 Å². The molecule has 0 bridgehead atoms. The summed E-state index contributed by atoms with van der Waals surface area (Å²) in [5.74, 6) is -0.159. The van der Waals surface area contributed by atoms with Crippen molar-refractivity contribution in [3.63, 3.8) is 0 Å². The molecule has 0 saturated heterocycles. The third-order valence-electron chi connectivity index (χ3n) is 3.60. The highest BCUT2D eigenvalue weighted by Crippen LogP contribution is 2.18. The Morgan fingerprint density at radius 3 is 2.85 bits per heavy atom. The highest BCUT2D eigenvalue weighted by atomic mass is 19.1. The zero-order valence-corrected chi connectivity index (χ0v) is 11.4. The minimum Gasteiger partial charge on any atom is -0.361 e. The summed E-state index contributed by atoms with van der Waals surface area (Å²) in [6.07, 6.45) is 1.93. The third kappa shape index (κ3) is 2.58. The van der Waals surface area contributed by atoms with Crippen molar-refractivity contribution in [2.75, 3.05) is 0 Å². The first-order chi connectivity index (χ1) is 9.74. The van der Waals surface area contributed by atoms with Gasteiger partial charge in [-0.2, -0.15) is 0 Å². The molecule has 3 rings (SSSR count). The maximum atomic E-state index is 13.7. The lowest BCUT2D eigenvalue weighted by Gasteiger charge is -2.15. The molecule has 1 atom stereocenters. The van der Waals surface area contributed by atoms with Gasteiger partial charge in [-0.1, -0.05) is 24.3 Å². The molecule has 2 nitrogen and oxygen atoms in total. The molecule has 20 heavy (non-hydrogen) atoms. The van der Waals surface area contributed by atoms with Gasteiger partial charge in [0.1, 0.15) is 5.82 Å². The molecule has 0 fully saturated rings. The van der Waals surface area contributed by atoms with Crippen LogP contribution in [0.15, 0.2) is 54.7 Å². The number of fused-ring (bicyclic) bond motifs is 1. The standard InChI is InChI=1S/C17H17FN2/c1-12(15-4-2-3-5-16(15)18)20-11-13-6-7-17-14(10-13)8-9-19-17/h2-10,12,19-20H,11H2,1H3/t12-/m1/s1. The summed E-state index contributed by atoms with van der Waals surface area (Å²) in [6.45, 7) is 2.70. The van der Waals surface area contributed by atoms with E-state index < -0.39 is 0 Å². The molecule has 0 aliphatic heterocycles. The van der Waals surface area contributed by atoms with Crippen molar-refractivity contribution in [1.29, 1.82) is 0 Å². The molecular weight excluding hydrogens is 251 g/mol. The number of H-pyrrole nitrogens is 1. The smallest absolute Gasteiger partial charge is 0.127 e. The average molecular weight is 268 g/mol. The van der Waals surface area contributed by atoms with Crippen LogP contribution < -0.4 is 5.32 Å². The second-order valence-corrected chi connectivity index (χ2v) is 5.02. The molecule has 0 unspecified atom stereocenters. The molecule has 1 heterocycles. The maximum Gasteiger partial charge on any atom is 0.127 e. The molecule has 3 heteroatoms. The van der Waals surface area contributed by atoms with Crippen LogP contribution in [0.1, 0.15) is 24.1 Å². The van der Waals surface area contributed by atoms with Crippen LogP contribution in [0.25, 0.3) is 10.9 Å². The molecular formula is C17H17FN2. The van der Waals surface area contributed by atoms with Crippen molar-refractivity contribution in [3.8, 4) is 0 Å². The Balaban J connectivity index is 1.71. The third-order valence-corrected chi connectivity index (χ3v) is 3.60. The summed E-state index contributed by atoms with van der Waals surface area (Å²) in [6, 6.07) is 15.2. The molecule has 0 aliphatic rings. The minimum atomic E-state index is -0.159. The Morgan fingerprint density at radius 1 is 1.15 bits per heavy atom. The van der Waals surface area contributed by atoms with E-state index in [4.69, 9.17) is 0 Å². The lowest BCUT2D eigenvalue weighted by Crippen LogP contribution is -2.19. The van der Waals surface area contributed by atoms with Crippen molar-refractivity contribution in [2.24, 2.45) is 0 Å². The highest BCUT2D eigenvalue weighted by Gasteiger charge is 2.09. The summed E-state index contributed by atoms with van der Waals surface area (Å²) >= 11 is 0. The van der Waals surface area contributed by atoms with Gasteiger partial charge in [0.05, 0.1) is 0 Å². The van der Waals surface area contributed by atoms with E-state index in [0.717, 1.165) is 12.1 Å². The topological polar surface area (TPSA) is 27.8 Å². The second-order valence-electron chi connectivity index (χ2n) is 5.02. The minimum absolute atomic E-state index is 0.0156. The number of benzene rings is 2. The summed E-state index contributed by atoms with van der Waals surface area (Å²) < 4.78 is 13.7. The lowest BCUT2D eigenvalue weighted by atomic mass is 10.1. The Kier molecular flexibility index (Phi) is 3.52. The number of aromatic amines is 1. The average Bonchev–Trinajstić information content (AvgIpc) is 2.92. The fourth-order valence-electron chi connectivity index (χ4n) is 2.42. The fourth-order valence-corrected chi connectivity index (χ4v) is 2.42. The predicted molar refractivity (Wildman–Crippen MR) is 80.0 cm³/mol. The van der Waals surface area contributed by atoms with Crippen LogP contribution in [0, 0.1) is 5.82 Å². The molecule has 3 aromatic rings. The van der Waals surface area contributed by atoms with Crippen LogP contribution in [0.5, 0.6) is 0 Å². The second kappa shape index (κ2) is 5.47. The number of hydrogen-bond acceptors (Lipinski definition) is 1. The molecule has 102 valence electrons. The number of rotatable bonds is 4. The van der Waals surface area contributed by atoms with Crippen LogP contribution in [0.3, 0.4) is 0 Å². The van der Waals surface area contributed by atoms with Crippen molar-refractivity contribution in [1.82, 2.24) is 10.3 Å². The maximum absolute atomic E-state index is 13.7. The van der Waals surface area contributed by atoms with Crippen molar-refractivity contribution < 1.29 is 4.39 Å². The molecule has 0 saturated carbocycles. The monoisotopic (exact) mass is 268 g/mol. The van der Waals surface area contributed by atoms with Crippen LogP contribution in [-0.4, -0.2) is 4.98 Å². The molecule has 0 amide bonds. The van der Waals surface area contributed by atoms with Crippen molar-refractivity contribution in [3.05, 3.63) is 71.7 Å². The number of nitrogens with one attached hydrogen (secondary N) is 2. The summed E-state index contributed by atoms with van der Waals surface area (Å²) in [5, 5.41) is 4.56.